The summed E-state index contributed by atoms with van der Waals surface area (Å²) in [5.41, 5.74) is 0.533. The van der Waals surface area contributed by atoms with Crippen LogP contribution in [-0.2, 0) is 10.2 Å². The molecule has 0 aliphatic carbocycles. The maximum absolute atomic E-state index is 13.3. The standard InChI is InChI=1S/C23H23BrIN3O5/c1-12(21(30)31)33-19-16(25)8-13(9-18(19)32-5)11-26-28-20(29)15-10-14(24)6-7-17(15)27-22(28)23(2,3)4/h6-12H,1-5H3,(H,30,31)/t12-/m1/s1. The first-order chi connectivity index (χ1) is 15.4. The molecule has 1 atom stereocenters. The van der Waals surface area contributed by atoms with Gasteiger partial charge in [0.25, 0.3) is 5.56 Å². The molecule has 2 aromatic carbocycles. The molecule has 1 heterocycles. The molecular formula is C23H23BrIN3O5. The number of nitrogens with zero attached hydrogens (tertiary/aromatic N) is 3. The number of carbonyl (C=O) groups is 1. The molecule has 0 fully saturated rings. The molecule has 0 saturated carbocycles. The molecule has 0 bridgehead atoms. The van der Waals surface area contributed by atoms with Crippen LogP contribution in [0.25, 0.3) is 10.9 Å². The second-order valence-corrected chi connectivity index (χ2v) is 10.4. The van der Waals surface area contributed by atoms with E-state index in [9.17, 15) is 9.59 Å². The summed E-state index contributed by atoms with van der Waals surface area (Å²) in [6.07, 6.45) is 0.500. The number of hydrogen-bond acceptors (Lipinski definition) is 6. The van der Waals surface area contributed by atoms with E-state index >= 15 is 0 Å². The lowest BCUT2D eigenvalue weighted by Gasteiger charge is -2.21. The van der Waals surface area contributed by atoms with Gasteiger partial charge in [-0.1, -0.05) is 36.7 Å². The molecule has 3 aromatic rings. The highest BCUT2D eigenvalue weighted by Gasteiger charge is 2.23. The molecule has 0 aliphatic rings. The highest BCUT2D eigenvalue weighted by atomic mass is 127. The van der Waals surface area contributed by atoms with Crippen molar-refractivity contribution in [3.05, 3.63) is 60.1 Å². The Hall–Kier alpha value is -2.47. The minimum Gasteiger partial charge on any atom is -0.493 e. The molecular weight excluding hydrogens is 605 g/mol. The van der Waals surface area contributed by atoms with Crippen LogP contribution < -0.4 is 15.0 Å². The van der Waals surface area contributed by atoms with Crippen LogP contribution in [0.3, 0.4) is 0 Å². The Balaban J connectivity index is 2.12. The minimum absolute atomic E-state index is 0.278. The molecule has 10 heteroatoms. The maximum Gasteiger partial charge on any atom is 0.344 e. The lowest BCUT2D eigenvalue weighted by Crippen LogP contribution is -2.29. The van der Waals surface area contributed by atoms with Crippen molar-refractivity contribution in [3.8, 4) is 11.5 Å². The molecule has 8 nitrogen and oxygen atoms in total. The number of carboxylic acid groups (broad SMARTS) is 1. The zero-order chi connectivity index (χ0) is 24.5. The Labute approximate surface area is 212 Å². The van der Waals surface area contributed by atoms with Crippen molar-refractivity contribution in [1.82, 2.24) is 9.66 Å². The van der Waals surface area contributed by atoms with E-state index in [4.69, 9.17) is 19.6 Å². The predicted molar refractivity (Wildman–Crippen MR) is 139 cm³/mol. The van der Waals surface area contributed by atoms with Gasteiger partial charge in [-0.2, -0.15) is 9.78 Å². The van der Waals surface area contributed by atoms with Crippen LogP contribution in [0.1, 0.15) is 39.1 Å². The van der Waals surface area contributed by atoms with Gasteiger partial charge in [-0.15, -0.1) is 0 Å². The van der Waals surface area contributed by atoms with Gasteiger partial charge in [0.2, 0.25) is 0 Å². The number of rotatable bonds is 6. The first-order valence-electron chi connectivity index (χ1n) is 9.96. The number of methoxy groups -OCH3 is 1. The summed E-state index contributed by atoms with van der Waals surface area (Å²) in [5.74, 6) is 0.133. The summed E-state index contributed by atoms with van der Waals surface area (Å²) in [6.45, 7) is 7.34. The van der Waals surface area contributed by atoms with Gasteiger partial charge >= 0.3 is 5.97 Å². The van der Waals surface area contributed by atoms with Gasteiger partial charge in [0.05, 0.1) is 27.8 Å². The quantitative estimate of drug-likeness (QED) is 0.311. The Kier molecular flexibility index (Phi) is 7.47. The van der Waals surface area contributed by atoms with Gasteiger partial charge in [0, 0.05) is 9.89 Å². The molecule has 0 unspecified atom stereocenters. The fourth-order valence-electron chi connectivity index (χ4n) is 3.02. The third-order valence-corrected chi connectivity index (χ3v) is 5.99. The van der Waals surface area contributed by atoms with Crippen LogP contribution in [0.5, 0.6) is 11.5 Å². The Morgan fingerprint density at radius 1 is 1.30 bits per heavy atom. The van der Waals surface area contributed by atoms with Crippen LogP contribution in [0.15, 0.2) is 44.7 Å². The third kappa shape index (κ3) is 5.55. The van der Waals surface area contributed by atoms with Gasteiger partial charge < -0.3 is 14.6 Å². The van der Waals surface area contributed by atoms with Crippen molar-refractivity contribution in [2.24, 2.45) is 5.10 Å². The summed E-state index contributed by atoms with van der Waals surface area (Å²) in [6, 6.07) is 8.81. The average Bonchev–Trinajstić information content (AvgIpc) is 2.73. The van der Waals surface area contributed by atoms with E-state index in [-0.39, 0.29) is 5.56 Å². The number of benzene rings is 2. The summed E-state index contributed by atoms with van der Waals surface area (Å²) in [5, 5.41) is 14.1. The van der Waals surface area contributed by atoms with Crippen LogP contribution in [0.2, 0.25) is 0 Å². The Morgan fingerprint density at radius 3 is 2.61 bits per heavy atom. The summed E-state index contributed by atoms with van der Waals surface area (Å²) < 4.78 is 13.7. The van der Waals surface area contributed by atoms with E-state index in [1.807, 2.05) is 49.4 Å². The predicted octanol–water partition coefficient (Wildman–Crippen LogP) is 4.80. The van der Waals surface area contributed by atoms with Crippen LogP contribution >= 0.6 is 38.5 Å². The van der Waals surface area contributed by atoms with E-state index in [0.29, 0.717) is 37.4 Å². The number of aliphatic carboxylic acids is 1. The fraction of sp³-hybridized carbons (Fsp3) is 0.304. The van der Waals surface area contributed by atoms with E-state index in [1.165, 1.54) is 24.9 Å². The van der Waals surface area contributed by atoms with Crippen molar-refractivity contribution in [2.45, 2.75) is 39.2 Å². The zero-order valence-electron chi connectivity index (χ0n) is 18.7. The Bertz CT molecular complexity index is 1310. The first kappa shape index (κ1) is 25.2. The topological polar surface area (TPSA) is 103 Å². The van der Waals surface area contributed by atoms with Crippen LogP contribution in [0.4, 0.5) is 0 Å². The largest absolute Gasteiger partial charge is 0.493 e. The first-order valence-corrected chi connectivity index (χ1v) is 11.8. The number of halogens is 2. The molecule has 0 radical (unpaired) electrons. The summed E-state index contributed by atoms with van der Waals surface area (Å²) in [7, 11) is 1.47. The smallest absolute Gasteiger partial charge is 0.344 e. The van der Waals surface area contributed by atoms with E-state index in [2.05, 4.69) is 21.0 Å². The minimum atomic E-state index is -1.08. The number of aromatic nitrogens is 2. The highest BCUT2D eigenvalue weighted by Crippen LogP contribution is 2.34. The van der Waals surface area contributed by atoms with Gasteiger partial charge in [-0.3, -0.25) is 4.79 Å². The van der Waals surface area contributed by atoms with E-state index in [0.717, 1.165) is 4.47 Å². The van der Waals surface area contributed by atoms with Gasteiger partial charge in [0.15, 0.2) is 17.6 Å². The van der Waals surface area contributed by atoms with Crippen LogP contribution in [0, 0.1) is 3.57 Å². The van der Waals surface area contributed by atoms with E-state index in [1.54, 1.807) is 24.3 Å². The average molecular weight is 628 g/mol. The molecule has 3 rings (SSSR count). The van der Waals surface area contributed by atoms with Crippen molar-refractivity contribution >= 4 is 61.6 Å². The molecule has 0 spiro atoms. The normalized spacial score (nSPS) is 12.8. The number of ether oxygens (including phenoxy) is 2. The summed E-state index contributed by atoms with van der Waals surface area (Å²) in [4.78, 5) is 29.2. The second kappa shape index (κ2) is 9.80. The third-order valence-electron chi connectivity index (χ3n) is 4.70. The summed E-state index contributed by atoms with van der Waals surface area (Å²) >= 11 is 5.45. The van der Waals surface area contributed by atoms with Crippen LogP contribution in [-0.4, -0.2) is 40.2 Å². The fourth-order valence-corrected chi connectivity index (χ4v) is 4.14. The Morgan fingerprint density at radius 2 is 2.00 bits per heavy atom. The molecule has 1 aromatic heterocycles. The molecule has 174 valence electrons. The van der Waals surface area contributed by atoms with Crippen molar-refractivity contribution in [3.63, 3.8) is 0 Å². The molecule has 1 N–H and O–H groups in total. The number of fused-ring (bicyclic) bond motifs is 1. The van der Waals surface area contributed by atoms with Gasteiger partial charge in [-0.05, 0) is 65.4 Å². The molecule has 33 heavy (non-hydrogen) atoms. The van der Waals surface area contributed by atoms with Crippen molar-refractivity contribution < 1.29 is 19.4 Å². The second-order valence-electron chi connectivity index (χ2n) is 8.34. The van der Waals surface area contributed by atoms with Gasteiger partial charge in [0.1, 0.15) is 5.82 Å². The van der Waals surface area contributed by atoms with Crippen molar-refractivity contribution in [1.29, 1.82) is 0 Å². The lowest BCUT2D eigenvalue weighted by atomic mass is 9.95. The monoisotopic (exact) mass is 627 g/mol. The molecule has 0 aliphatic heterocycles. The molecule has 0 saturated heterocycles. The lowest BCUT2D eigenvalue weighted by molar-refractivity contribution is -0.144. The SMILES string of the molecule is COc1cc(C=Nn2c(C(C)(C)C)nc3ccc(Br)cc3c2=O)cc(I)c1O[C@H](C)C(=O)O. The molecule has 0 amide bonds. The van der Waals surface area contributed by atoms with Crippen molar-refractivity contribution in [2.75, 3.05) is 7.11 Å². The highest BCUT2D eigenvalue weighted by molar-refractivity contribution is 14.1. The van der Waals surface area contributed by atoms with Gasteiger partial charge in [-0.25, -0.2) is 9.78 Å². The maximum atomic E-state index is 13.3. The zero-order valence-corrected chi connectivity index (χ0v) is 22.5. The number of carboxylic acids is 1. The number of hydrogen-bond donors (Lipinski definition) is 1. The van der Waals surface area contributed by atoms with E-state index < -0.39 is 17.5 Å².